The predicted octanol–water partition coefficient (Wildman–Crippen LogP) is 4.81. The standard InChI is InChI=1S/C13H22S/c1-9(2)10(3)12-11(7-8-14-12)13(4,5)6/h7-10H,1-6H3. The van der Waals surface area contributed by atoms with E-state index in [1.165, 1.54) is 5.56 Å². The number of hydrogen-bond donors (Lipinski definition) is 0. The Balaban J connectivity index is 3.05. The molecule has 0 fully saturated rings. The Labute approximate surface area is 92.4 Å². The molecule has 0 saturated heterocycles. The van der Waals surface area contributed by atoms with Gasteiger partial charge in [-0.05, 0) is 34.3 Å². The average Bonchev–Trinajstić information content (AvgIpc) is 2.48. The minimum Gasteiger partial charge on any atom is -0.148 e. The summed E-state index contributed by atoms with van der Waals surface area (Å²) in [6.45, 7) is 13.8. The highest BCUT2D eigenvalue weighted by atomic mass is 32.1. The second-order valence-electron chi connectivity index (χ2n) is 5.48. The van der Waals surface area contributed by atoms with Gasteiger partial charge < -0.3 is 0 Å². The van der Waals surface area contributed by atoms with Crippen LogP contribution in [-0.2, 0) is 5.41 Å². The Morgan fingerprint density at radius 2 is 1.71 bits per heavy atom. The van der Waals surface area contributed by atoms with Gasteiger partial charge in [-0.2, -0.15) is 0 Å². The summed E-state index contributed by atoms with van der Waals surface area (Å²) in [5, 5.41) is 2.23. The van der Waals surface area contributed by atoms with Crippen molar-refractivity contribution in [1.82, 2.24) is 0 Å². The number of hydrogen-bond acceptors (Lipinski definition) is 1. The van der Waals surface area contributed by atoms with Crippen LogP contribution in [0.2, 0.25) is 0 Å². The zero-order chi connectivity index (χ0) is 10.9. The lowest BCUT2D eigenvalue weighted by atomic mass is 9.83. The molecule has 0 spiro atoms. The quantitative estimate of drug-likeness (QED) is 0.657. The van der Waals surface area contributed by atoms with Crippen molar-refractivity contribution in [2.45, 2.75) is 52.9 Å². The molecule has 1 heteroatoms. The maximum Gasteiger partial charge on any atom is 0.0113 e. The van der Waals surface area contributed by atoms with Gasteiger partial charge in [0.25, 0.3) is 0 Å². The largest absolute Gasteiger partial charge is 0.148 e. The number of rotatable bonds is 2. The second kappa shape index (κ2) is 4.06. The summed E-state index contributed by atoms with van der Waals surface area (Å²) in [7, 11) is 0. The van der Waals surface area contributed by atoms with Crippen LogP contribution in [0.3, 0.4) is 0 Å². The van der Waals surface area contributed by atoms with E-state index in [1.807, 2.05) is 11.3 Å². The van der Waals surface area contributed by atoms with E-state index in [1.54, 1.807) is 4.88 Å². The molecule has 80 valence electrons. The van der Waals surface area contributed by atoms with Crippen molar-refractivity contribution in [3.63, 3.8) is 0 Å². The Morgan fingerprint density at radius 1 is 1.14 bits per heavy atom. The van der Waals surface area contributed by atoms with Crippen LogP contribution >= 0.6 is 11.3 Å². The van der Waals surface area contributed by atoms with Crippen molar-refractivity contribution in [3.8, 4) is 0 Å². The molecule has 0 amide bonds. The normalized spacial score (nSPS) is 14.8. The molecule has 14 heavy (non-hydrogen) atoms. The fourth-order valence-electron chi connectivity index (χ4n) is 1.60. The summed E-state index contributed by atoms with van der Waals surface area (Å²) in [6.07, 6.45) is 0. The van der Waals surface area contributed by atoms with Crippen LogP contribution in [0, 0.1) is 5.92 Å². The van der Waals surface area contributed by atoms with Gasteiger partial charge in [-0.1, -0.05) is 41.5 Å². The lowest BCUT2D eigenvalue weighted by Crippen LogP contribution is -2.14. The van der Waals surface area contributed by atoms with Gasteiger partial charge in [0.15, 0.2) is 0 Å². The van der Waals surface area contributed by atoms with Crippen molar-refractivity contribution in [1.29, 1.82) is 0 Å². The lowest BCUT2D eigenvalue weighted by Gasteiger charge is -2.24. The molecule has 0 nitrogen and oxygen atoms in total. The summed E-state index contributed by atoms with van der Waals surface area (Å²) in [5.41, 5.74) is 1.82. The summed E-state index contributed by atoms with van der Waals surface area (Å²) in [4.78, 5) is 1.58. The minimum absolute atomic E-state index is 0.290. The molecule has 0 radical (unpaired) electrons. The van der Waals surface area contributed by atoms with Gasteiger partial charge >= 0.3 is 0 Å². The molecule has 0 bridgehead atoms. The maximum atomic E-state index is 2.34. The smallest absolute Gasteiger partial charge is 0.0113 e. The zero-order valence-corrected chi connectivity index (χ0v) is 11.0. The van der Waals surface area contributed by atoms with Gasteiger partial charge in [-0.3, -0.25) is 0 Å². The van der Waals surface area contributed by atoms with Crippen LogP contribution in [-0.4, -0.2) is 0 Å². The third kappa shape index (κ3) is 2.38. The predicted molar refractivity (Wildman–Crippen MR) is 66.3 cm³/mol. The fraction of sp³-hybridized carbons (Fsp3) is 0.692. The molecule has 0 aliphatic heterocycles. The number of thiophene rings is 1. The van der Waals surface area contributed by atoms with Gasteiger partial charge in [0.05, 0.1) is 0 Å². The summed E-state index contributed by atoms with van der Waals surface area (Å²) in [5.74, 6) is 1.42. The molecule has 0 saturated carbocycles. The van der Waals surface area contributed by atoms with Crippen LogP contribution in [0.25, 0.3) is 0 Å². The van der Waals surface area contributed by atoms with Crippen molar-refractivity contribution in [3.05, 3.63) is 21.9 Å². The molecule has 0 aliphatic rings. The molecular weight excluding hydrogens is 188 g/mol. The van der Waals surface area contributed by atoms with Crippen molar-refractivity contribution >= 4 is 11.3 Å². The summed E-state index contributed by atoms with van der Waals surface area (Å²) in [6, 6.07) is 2.29. The molecule has 0 aromatic carbocycles. The third-order valence-corrected chi connectivity index (χ3v) is 4.03. The summed E-state index contributed by atoms with van der Waals surface area (Å²) < 4.78 is 0. The summed E-state index contributed by atoms with van der Waals surface area (Å²) >= 11 is 1.91. The molecule has 1 rings (SSSR count). The molecule has 1 heterocycles. The first-order valence-corrected chi connectivity index (χ1v) is 6.30. The Kier molecular flexibility index (Phi) is 3.41. The van der Waals surface area contributed by atoms with E-state index in [4.69, 9.17) is 0 Å². The average molecular weight is 210 g/mol. The minimum atomic E-state index is 0.290. The molecule has 1 atom stereocenters. The van der Waals surface area contributed by atoms with Crippen molar-refractivity contribution in [2.75, 3.05) is 0 Å². The van der Waals surface area contributed by atoms with E-state index < -0.39 is 0 Å². The van der Waals surface area contributed by atoms with Crippen molar-refractivity contribution < 1.29 is 0 Å². The van der Waals surface area contributed by atoms with E-state index in [9.17, 15) is 0 Å². The first-order valence-electron chi connectivity index (χ1n) is 5.42. The second-order valence-corrected chi connectivity index (χ2v) is 6.43. The lowest BCUT2D eigenvalue weighted by molar-refractivity contribution is 0.518. The highest BCUT2D eigenvalue weighted by molar-refractivity contribution is 7.10. The van der Waals surface area contributed by atoms with Gasteiger partial charge in [-0.15, -0.1) is 11.3 Å². The topological polar surface area (TPSA) is 0 Å². The zero-order valence-electron chi connectivity index (χ0n) is 10.2. The van der Waals surface area contributed by atoms with Crippen LogP contribution in [0.4, 0.5) is 0 Å². The third-order valence-electron chi connectivity index (χ3n) is 2.92. The Bertz CT molecular complexity index is 288. The highest BCUT2D eigenvalue weighted by Gasteiger charge is 2.23. The SMILES string of the molecule is CC(C)C(C)c1sccc1C(C)(C)C. The Morgan fingerprint density at radius 3 is 2.14 bits per heavy atom. The van der Waals surface area contributed by atoms with E-state index in [0.29, 0.717) is 11.3 Å². The van der Waals surface area contributed by atoms with E-state index >= 15 is 0 Å². The molecule has 1 aromatic heterocycles. The van der Waals surface area contributed by atoms with Crippen LogP contribution < -0.4 is 0 Å². The first-order chi connectivity index (χ1) is 6.34. The Hall–Kier alpha value is -0.300. The van der Waals surface area contributed by atoms with Crippen LogP contribution in [0.5, 0.6) is 0 Å². The van der Waals surface area contributed by atoms with E-state index in [2.05, 4.69) is 53.0 Å². The molecule has 1 unspecified atom stereocenters. The fourth-order valence-corrected chi connectivity index (χ4v) is 2.93. The highest BCUT2D eigenvalue weighted by Crippen LogP contribution is 2.37. The maximum absolute atomic E-state index is 2.34. The molecule has 0 aliphatic carbocycles. The van der Waals surface area contributed by atoms with Gasteiger partial charge in [0.1, 0.15) is 0 Å². The monoisotopic (exact) mass is 210 g/mol. The molecule has 0 N–H and O–H groups in total. The van der Waals surface area contributed by atoms with Gasteiger partial charge in [-0.25, -0.2) is 0 Å². The van der Waals surface area contributed by atoms with Crippen molar-refractivity contribution in [2.24, 2.45) is 5.92 Å². The van der Waals surface area contributed by atoms with E-state index in [0.717, 1.165) is 5.92 Å². The van der Waals surface area contributed by atoms with Crippen LogP contribution in [0.1, 0.15) is 57.9 Å². The molecule has 1 aromatic rings. The molecular formula is C13H22S. The van der Waals surface area contributed by atoms with Crippen LogP contribution in [0.15, 0.2) is 11.4 Å². The van der Waals surface area contributed by atoms with E-state index in [-0.39, 0.29) is 0 Å². The van der Waals surface area contributed by atoms with Gasteiger partial charge in [0.2, 0.25) is 0 Å². The first kappa shape index (κ1) is 11.8. The van der Waals surface area contributed by atoms with Gasteiger partial charge in [0, 0.05) is 4.88 Å².